The lowest BCUT2D eigenvalue weighted by atomic mass is 10.0. The van der Waals surface area contributed by atoms with Crippen LogP contribution in [0.3, 0.4) is 0 Å². The summed E-state index contributed by atoms with van der Waals surface area (Å²) in [6.45, 7) is 4.01. The van der Waals surface area contributed by atoms with Crippen LogP contribution >= 0.6 is 0 Å². The standard InChI is InChI=1S/C15H21NO4/c1-11(2)8-13(15(18)19)16-14(17)10-20-9-12-6-4-3-5-7-12/h3-7,11,13H,8-10H2,1-2H3,(H,16,17)(H,18,19)/t13-/m1/s1. The molecule has 0 fully saturated rings. The number of aliphatic carboxylic acids is 1. The lowest BCUT2D eigenvalue weighted by Gasteiger charge is -2.16. The number of amides is 1. The van der Waals surface area contributed by atoms with E-state index >= 15 is 0 Å². The van der Waals surface area contributed by atoms with Gasteiger partial charge in [0.2, 0.25) is 5.91 Å². The lowest BCUT2D eigenvalue weighted by molar-refractivity contribution is -0.143. The van der Waals surface area contributed by atoms with E-state index in [-0.39, 0.29) is 12.5 Å². The SMILES string of the molecule is CC(C)C[C@@H](NC(=O)COCc1ccccc1)C(=O)O. The first-order chi connectivity index (χ1) is 9.49. The molecule has 0 aliphatic rings. The smallest absolute Gasteiger partial charge is 0.326 e. The third kappa shape index (κ3) is 6.33. The quantitative estimate of drug-likeness (QED) is 0.761. The first-order valence-electron chi connectivity index (χ1n) is 6.63. The minimum Gasteiger partial charge on any atom is -0.480 e. The zero-order valence-corrected chi connectivity index (χ0v) is 11.8. The first-order valence-corrected chi connectivity index (χ1v) is 6.63. The van der Waals surface area contributed by atoms with Gasteiger partial charge in [-0.3, -0.25) is 4.79 Å². The normalized spacial score (nSPS) is 12.2. The Kier molecular flexibility index (Phi) is 6.73. The number of carbonyl (C=O) groups excluding carboxylic acids is 1. The zero-order valence-electron chi connectivity index (χ0n) is 11.8. The van der Waals surface area contributed by atoms with Gasteiger partial charge in [-0.15, -0.1) is 0 Å². The van der Waals surface area contributed by atoms with Gasteiger partial charge in [0, 0.05) is 0 Å². The molecule has 0 radical (unpaired) electrons. The van der Waals surface area contributed by atoms with Gasteiger partial charge >= 0.3 is 5.97 Å². The highest BCUT2D eigenvalue weighted by Crippen LogP contribution is 2.05. The molecule has 2 N–H and O–H groups in total. The molecule has 0 saturated heterocycles. The second-order valence-electron chi connectivity index (χ2n) is 5.07. The van der Waals surface area contributed by atoms with Crippen molar-refractivity contribution >= 4 is 11.9 Å². The number of ether oxygens (including phenoxy) is 1. The number of hydrogen-bond acceptors (Lipinski definition) is 3. The van der Waals surface area contributed by atoms with E-state index in [0.717, 1.165) is 5.56 Å². The van der Waals surface area contributed by atoms with E-state index in [2.05, 4.69) is 5.32 Å². The number of hydrogen-bond donors (Lipinski definition) is 2. The molecule has 0 aliphatic carbocycles. The van der Waals surface area contributed by atoms with Crippen molar-refractivity contribution in [3.8, 4) is 0 Å². The van der Waals surface area contributed by atoms with Gasteiger partial charge in [-0.1, -0.05) is 44.2 Å². The largest absolute Gasteiger partial charge is 0.480 e. The van der Waals surface area contributed by atoms with Crippen molar-refractivity contribution in [1.29, 1.82) is 0 Å². The molecule has 110 valence electrons. The van der Waals surface area contributed by atoms with E-state index in [1.165, 1.54) is 0 Å². The minimum atomic E-state index is -1.02. The fraction of sp³-hybridized carbons (Fsp3) is 0.467. The van der Waals surface area contributed by atoms with Crippen LogP contribution in [0.4, 0.5) is 0 Å². The summed E-state index contributed by atoms with van der Waals surface area (Å²) in [5, 5.41) is 11.5. The molecule has 20 heavy (non-hydrogen) atoms. The van der Waals surface area contributed by atoms with Crippen molar-refractivity contribution in [2.75, 3.05) is 6.61 Å². The molecule has 0 unspecified atom stereocenters. The average Bonchev–Trinajstić information content (AvgIpc) is 2.38. The third-order valence-corrected chi connectivity index (χ3v) is 2.69. The molecule has 0 bridgehead atoms. The lowest BCUT2D eigenvalue weighted by Crippen LogP contribution is -2.43. The minimum absolute atomic E-state index is 0.142. The van der Waals surface area contributed by atoms with Crippen LogP contribution in [0.15, 0.2) is 30.3 Å². The highest BCUT2D eigenvalue weighted by Gasteiger charge is 2.20. The van der Waals surface area contributed by atoms with E-state index in [1.807, 2.05) is 44.2 Å². The maximum atomic E-state index is 11.6. The highest BCUT2D eigenvalue weighted by atomic mass is 16.5. The van der Waals surface area contributed by atoms with Gasteiger partial charge in [0.1, 0.15) is 12.6 Å². The summed E-state index contributed by atoms with van der Waals surface area (Å²) in [5.41, 5.74) is 0.970. The van der Waals surface area contributed by atoms with Gasteiger partial charge in [0.25, 0.3) is 0 Å². The Bertz CT molecular complexity index is 431. The predicted octanol–water partition coefficient (Wildman–Crippen LogP) is 1.82. The summed E-state index contributed by atoms with van der Waals surface area (Å²) in [5.74, 6) is -1.23. The number of carbonyl (C=O) groups is 2. The summed E-state index contributed by atoms with van der Waals surface area (Å²) in [6.07, 6.45) is 0.403. The molecule has 1 amide bonds. The van der Waals surface area contributed by atoms with E-state index in [9.17, 15) is 9.59 Å². The zero-order chi connectivity index (χ0) is 15.0. The Morgan fingerprint density at radius 3 is 2.45 bits per heavy atom. The van der Waals surface area contributed by atoms with Crippen molar-refractivity contribution in [1.82, 2.24) is 5.32 Å². The average molecular weight is 279 g/mol. The van der Waals surface area contributed by atoms with Crippen LogP contribution in [0.2, 0.25) is 0 Å². The molecular weight excluding hydrogens is 258 g/mol. The Morgan fingerprint density at radius 1 is 1.25 bits per heavy atom. The molecule has 0 aromatic heterocycles. The summed E-state index contributed by atoms with van der Waals surface area (Å²) >= 11 is 0. The van der Waals surface area contributed by atoms with Gasteiger partial charge in [-0.2, -0.15) is 0 Å². The number of carboxylic acid groups (broad SMARTS) is 1. The highest BCUT2D eigenvalue weighted by molar-refractivity contribution is 5.84. The van der Waals surface area contributed by atoms with Gasteiger partial charge in [-0.05, 0) is 17.9 Å². The topological polar surface area (TPSA) is 75.6 Å². The third-order valence-electron chi connectivity index (χ3n) is 2.69. The molecule has 0 saturated carbocycles. The van der Waals surface area contributed by atoms with E-state index < -0.39 is 17.9 Å². The molecule has 5 nitrogen and oxygen atoms in total. The fourth-order valence-corrected chi connectivity index (χ4v) is 1.76. The maximum absolute atomic E-state index is 11.6. The summed E-state index contributed by atoms with van der Waals surface area (Å²) in [4.78, 5) is 22.6. The van der Waals surface area contributed by atoms with Crippen LogP contribution in [0, 0.1) is 5.92 Å². The molecule has 1 atom stereocenters. The van der Waals surface area contributed by atoms with Crippen molar-refractivity contribution in [2.45, 2.75) is 32.9 Å². The number of rotatable bonds is 8. The van der Waals surface area contributed by atoms with Crippen LogP contribution in [0.5, 0.6) is 0 Å². The molecule has 0 heterocycles. The number of nitrogens with one attached hydrogen (secondary N) is 1. The van der Waals surface area contributed by atoms with Crippen LogP contribution in [0.25, 0.3) is 0 Å². The van der Waals surface area contributed by atoms with Crippen molar-refractivity contribution in [3.05, 3.63) is 35.9 Å². The summed E-state index contributed by atoms with van der Waals surface area (Å²) < 4.78 is 5.26. The summed E-state index contributed by atoms with van der Waals surface area (Å²) in [7, 11) is 0. The van der Waals surface area contributed by atoms with Crippen molar-refractivity contribution in [3.63, 3.8) is 0 Å². The van der Waals surface area contributed by atoms with Gasteiger partial charge in [-0.25, -0.2) is 4.79 Å². The molecule has 1 aromatic rings. The molecule has 0 spiro atoms. The molecule has 1 rings (SSSR count). The Labute approximate surface area is 118 Å². The Balaban J connectivity index is 2.33. The summed E-state index contributed by atoms with van der Waals surface area (Å²) in [6, 6.07) is 8.62. The molecular formula is C15H21NO4. The van der Waals surface area contributed by atoms with E-state index in [4.69, 9.17) is 9.84 Å². The Morgan fingerprint density at radius 2 is 1.90 bits per heavy atom. The molecule has 5 heteroatoms. The fourth-order valence-electron chi connectivity index (χ4n) is 1.76. The monoisotopic (exact) mass is 279 g/mol. The molecule has 1 aromatic carbocycles. The second-order valence-corrected chi connectivity index (χ2v) is 5.07. The Hall–Kier alpha value is -1.88. The second kappa shape index (κ2) is 8.32. The van der Waals surface area contributed by atoms with Crippen LogP contribution in [0.1, 0.15) is 25.8 Å². The van der Waals surface area contributed by atoms with Crippen LogP contribution < -0.4 is 5.32 Å². The predicted molar refractivity (Wildman–Crippen MR) is 75.1 cm³/mol. The maximum Gasteiger partial charge on any atom is 0.326 e. The van der Waals surface area contributed by atoms with Crippen LogP contribution in [-0.2, 0) is 20.9 Å². The van der Waals surface area contributed by atoms with Crippen LogP contribution in [-0.4, -0.2) is 29.6 Å². The molecule has 0 aliphatic heterocycles. The van der Waals surface area contributed by atoms with Crippen molar-refractivity contribution in [2.24, 2.45) is 5.92 Å². The van der Waals surface area contributed by atoms with Gasteiger partial charge in [0.05, 0.1) is 6.61 Å². The number of benzene rings is 1. The van der Waals surface area contributed by atoms with Gasteiger partial charge in [0.15, 0.2) is 0 Å². The first kappa shape index (κ1) is 16.2. The van der Waals surface area contributed by atoms with Crippen molar-refractivity contribution < 1.29 is 19.4 Å². The van der Waals surface area contributed by atoms with Gasteiger partial charge < -0.3 is 15.2 Å². The van der Waals surface area contributed by atoms with E-state index in [0.29, 0.717) is 13.0 Å². The van der Waals surface area contributed by atoms with E-state index in [1.54, 1.807) is 0 Å². The number of carboxylic acids is 1.